The fraction of sp³-hybridized carbons (Fsp3) is 0.391. The first-order valence-corrected chi connectivity index (χ1v) is 12.4. The predicted octanol–water partition coefficient (Wildman–Crippen LogP) is 3.11. The molecule has 0 aromatic heterocycles. The Morgan fingerprint density at radius 1 is 1.03 bits per heavy atom. The van der Waals surface area contributed by atoms with Crippen LogP contribution in [0.25, 0.3) is 0 Å². The summed E-state index contributed by atoms with van der Waals surface area (Å²) in [4.78, 5) is 27.9. The SMILES string of the molecule is COc1ccc(N([C@@H](C)C(=O)Nc2ccccc2C(=O)N2CCCCC2)S(C)(=O)=O)cc1. The molecule has 0 aliphatic carbocycles. The van der Waals surface area contributed by atoms with Crippen LogP contribution in [0.4, 0.5) is 11.4 Å². The molecule has 2 aromatic carbocycles. The van der Waals surface area contributed by atoms with Crippen molar-refractivity contribution in [1.82, 2.24) is 4.90 Å². The van der Waals surface area contributed by atoms with Crippen LogP contribution in [0.3, 0.4) is 0 Å². The molecule has 1 saturated heterocycles. The van der Waals surface area contributed by atoms with Crippen molar-refractivity contribution in [3.05, 3.63) is 54.1 Å². The van der Waals surface area contributed by atoms with Gasteiger partial charge in [0.2, 0.25) is 15.9 Å². The van der Waals surface area contributed by atoms with Crippen molar-refractivity contribution < 1.29 is 22.7 Å². The maximum atomic E-state index is 13.1. The number of para-hydroxylation sites is 1. The number of rotatable bonds is 7. The second-order valence-electron chi connectivity index (χ2n) is 7.82. The first kappa shape index (κ1) is 23.6. The summed E-state index contributed by atoms with van der Waals surface area (Å²) in [6.07, 6.45) is 4.08. The Labute approximate surface area is 189 Å². The highest BCUT2D eigenvalue weighted by atomic mass is 32.2. The maximum Gasteiger partial charge on any atom is 0.255 e. The lowest BCUT2D eigenvalue weighted by molar-refractivity contribution is -0.116. The zero-order chi connectivity index (χ0) is 23.3. The fourth-order valence-corrected chi connectivity index (χ4v) is 5.00. The fourth-order valence-electron chi connectivity index (χ4n) is 3.82. The quantitative estimate of drug-likeness (QED) is 0.686. The van der Waals surface area contributed by atoms with E-state index >= 15 is 0 Å². The molecule has 1 fully saturated rings. The number of sulfonamides is 1. The van der Waals surface area contributed by atoms with Crippen LogP contribution in [-0.2, 0) is 14.8 Å². The molecular weight excluding hydrogens is 430 g/mol. The predicted molar refractivity (Wildman–Crippen MR) is 125 cm³/mol. The standard InChI is InChI=1S/C23H29N3O5S/c1-17(26(32(3,29)30)18-11-13-19(31-2)14-12-18)22(27)24-21-10-6-5-9-20(21)23(28)25-15-7-4-8-16-25/h5-6,9-14,17H,4,7-8,15-16H2,1-3H3,(H,24,27)/t17-/m0/s1. The van der Waals surface area contributed by atoms with Crippen molar-refractivity contribution in [3.8, 4) is 5.75 Å². The monoisotopic (exact) mass is 459 g/mol. The smallest absolute Gasteiger partial charge is 0.255 e. The second kappa shape index (κ2) is 10.0. The Kier molecular flexibility index (Phi) is 7.40. The highest BCUT2D eigenvalue weighted by Gasteiger charge is 2.30. The van der Waals surface area contributed by atoms with Gasteiger partial charge in [-0.05, 0) is 62.6 Å². The minimum atomic E-state index is -3.76. The number of nitrogens with zero attached hydrogens (tertiary/aromatic N) is 2. The zero-order valence-electron chi connectivity index (χ0n) is 18.6. The number of nitrogens with one attached hydrogen (secondary N) is 1. The van der Waals surface area contributed by atoms with Crippen molar-refractivity contribution in [2.45, 2.75) is 32.2 Å². The van der Waals surface area contributed by atoms with Crippen LogP contribution >= 0.6 is 0 Å². The summed E-state index contributed by atoms with van der Waals surface area (Å²) in [5, 5.41) is 2.76. The molecule has 1 N–H and O–H groups in total. The molecule has 172 valence electrons. The minimum Gasteiger partial charge on any atom is -0.497 e. The van der Waals surface area contributed by atoms with Crippen LogP contribution in [0.15, 0.2) is 48.5 Å². The van der Waals surface area contributed by atoms with Gasteiger partial charge in [0.15, 0.2) is 0 Å². The molecular formula is C23H29N3O5S. The van der Waals surface area contributed by atoms with E-state index in [1.807, 2.05) is 0 Å². The molecule has 0 radical (unpaired) electrons. The highest BCUT2D eigenvalue weighted by Crippen LogP contribution is 2.25. The van der Waals surface area contributed by atoms with Gasteiger partial charge in [0, 0.05) is 13.1 Å². The van der Waals surface area contributed by atoms with Crippen LogP contribution in [0.2, 0.25) is 0 Å². The van der Waals surface area contributed by atoms with E-state index in [0.717, 1.165) is 29.8 Å². The summed E-state index contributed by atoms with van der Waals surface area (Å²) < 4.78 is 31.2. The maximum absolute atomic E-state index is 13.1. The minimum absolute atomic E-state index is 0.136. The van der Waals surface area contributed by atoms with Gasteiger partial charge in [0.05, 0.1) is 30.3 Å². The summed E-state index contributed by atoms with van der Waals surface area (Å²) in [6.45, 7) is 2.89. The van der Waals surface area contributed by atoms with Crippen molar-refractivity contribution in [3.63, 3.8) is 0 Å². The number of methoxy groups -OCH3 is 1. The summed E-state index contributed by atoms with van der Waals surface area (Å²) >= 11 is 0. The Balaban J connectivity index is 1.84. The first-order valence-electron chi connectivity index (χ1n) is 10.5. The summed E-state index contributed by atoms with van der Waals surface area (Å²) in [5.41, 5.74) is 1.10. The normalized spacial score (nSPS) is 15.0. The number of amides is 2. The molecule has 2 amide bonds. The third kappa shape index (κ3) is 5.40. The van der Waals surface area contributed by atoms with Gasteiger partial charge in [-0.25, -0.2) is 8.42 Å². The summed E-state index contributed by atoms with van der Waals surface area (Å²) in [5.74, 6) is -0.0991. The molecule has 1 aliphatic rings. The van der Waals surface area contributed by atoms with E-state index in [1.54, 1.807) is 53.4 Å². The lowest BCUT2D eigenvalue weighted by atomic mass is 10.1. The van der Waals surface area contributed by atoms with E-state index in [-0.39, 0.29) is 5.91 Å². The van der Waals surface area contributed by atoms with Gasteiger partial charge in [-0.2, -0.15) is 0 Å². The molecule has 0 saturated carbocycles. The van der Waals surface area contributed by atoms with Gasteiger partial charge in [-0.1, -0.05) is 12.1 Å². The third-order valence-electron chi connectivity index (χ3n) is 5.47. The van der Waals surface area contributed by atoms with Gasteiger partial charge in [0.25, 0.3) is 5.91 Å². The molecule has 2 aromatic rings. The third-order valence-corrected chi connectivity index (χ3v) is 6.72. The Bertz CT molecular complexity index is 1060. The van der Waals surface area contributed by atoms with Crippen molar-refractivity contribution in [2.75, 3.05) is 36.1 Å². The Morgan fingerprint density at radius 3 is 2.25 bits per heavy atom. The summed E-state index contributed by atoms with van der Waals surface area (Å²) in [7, 11) is -2.25. The van der Waals surface area contributed by atoms with Crippen LogP contribution in [0, 0.1) is 0 Å². The van der Waals surface area contributed by atoms with Crippen molar-refractivity contribution in [1.29, 1.82) is 0 Å². The number of benzene rings is 2. The summed E-state index contributed by atoms with van der Waals surface area (Å²) in [6, 6.07) is 12.2. The van der Waals surface area contributed by atoms with E-state index in [2.05, 4.69) is 5.32 Å². The second-order valence-corrected chi connectivity index (χ2v) is 9.68. The van der Waals surface area contributed by atoms with Gasteiger partial charge in [-0.15, -0.1) is 0 Å². The average molecular weight is 460 g/mol. The topological polar surface area (TPSA) is 96.0 Å². The number of piperidine rings is 1. The molecule has 1 aliphatic heterocycles. The van der Waals surface area contributed by atoms with Gasteiger partial charge >= 0.3 is 0 Å². The van der Waals surface area contributed by atoms with Gasteiger partial charge in [-0.3, -0.25) is 13.9 Å². The molecule has 0 unspecified atom stereocenters. The van der Waals surface area contributed by atoms with E-state index in [4.69, 9.17) is 4.74 Å². The molecule has 9 heteroatoms. The largest absolute Gasteiger partial charge is 0.497 e. The van der Waals surface area contributed by atoms with Crippen molar-refractivity contribution in [2.24, 2.45) is 0 Å². The van der Waals surface area contributed by atoms with Crippen LogP contribution in [0.5, 0.6) is 5.75 Å². The molecule has 3 rings (SSSR count). The van der Waals surface area contributed by atoms with E-state index < -0.39 is 22.0 Å². The molecule has 32 heavy (non-hydrogen) atoms. The highest BCUT2D eigenvalue weighted by molar-refractivity contribution is 7.92. The van der Waals surface area contributed by atoms with Crippen LogP contribution < -0.4 is 14.4 Å². The first-order chi connectivity index (χ1) is 15.2. The lowest BCUT2D eigenvalue weighted by Gasteiger charge is -2.29. The number of carbonyl (C=O) groups excluding carboxylic acids is 2. The Morgan fingerprint density at radius 2 is 1.66 bits per heavy atom. The number of anilines is 2. The molecule has 0 spiro atoms. The number of hydrogen-bond donors (Lipinski definition) is 1. The van der Waals surface area contributed by atoms with E-state index in [0.29, 0.717) is 35.8 Å². The molecule has 1 heterocycles. The lowest BCUT2D eigenvalue weighted by Crippen LogP contribution is -2.45. The number of hydrogen-bond acceptors (Lipinski definition) is 5. The molecule has 1 atom stereocenters. The van der Waals surface area contributed by atoms with Gasteiger partial charge in [0.1, 0.15) is 11.8 Å². The van der Waals surface area contributed by atoms with Crippen molar-refractivity contribution >= 4 is 33.2 Å². The van der Waals surface area contributed by atoms with Crippen LogP contribution in [-0.4, -0.2) is 57.6 Å². The van der Waals surface area contributed by atoms with Crippen LogP contribution in [0.1, 0.15) is 36.5 Å². The molecule has 8 nitrogen and oxygen atoms in total. The van der Waals surface area contributed by atoms with E-state index in [1.165, 1.54) is 14.0 Å². The zero-order valence-corrected chi connectivity index (χ0v) is 19.4. The van der Waals surface area contributed by atoms with Gasteiger partial charge < -0.3 is 15.0 Å². The number of likely N-dealkylation sites (tertiary alicyclic amines) is 1. The average Bonchev–Trinajstić information content (AvgIpc) is 2.79. The Hall–Kier alpha value is -3.07. The number of ether oxygens (including phenoxy) is 1. The number of carbonyl (C=O) groups is 2. The molecule has 0 bridgehead atoms. The van der Waals surface area contributed by atoms with E-state index in [9.17, 15) is 18.0 Å².